The van der Waals surface area contributed by atoms with Gasteiger partial charge in [-0.05, 0) is 18.2 Å². The molecule has 0 radical (unpaired) electrons. The Morgan fingerprint density at radius 2 is 2.20 bits per heavy atom. The maximum atomic E-state index is 11.9. The van der Waals surface area contributed by atoms with Crippen LogP contribution in [0, 0.1) is 0 Å². The number of rotatable bonds is 1. The number of benzene rings is 1. The fourth-order valence-electron chi connectivity index (χ4n) is 1.71. The van der Waals surface area contributed by atoms with Crippen LogP contribution in [0.5, 0.6) is 0 Å². The molecule has 15 heavy (non-hydrogen) atoms. The summed E-state index contributed by atoms with van der Waals surface area (Å²) in [6, 6.07) is 4.41. The Bertz CT molecular complexity index is 500. The Labute approximate surface area is 93.1 Å². The number of aliphatic hydroxyl groups is 1. The molecule has 1 aromatic carbocycles. The van der Waals surface area contributed by atoms with Crippen molar-refractivity contribution in [1.29, 1.82) is 0 Å². The zero-order valence-electron chi connectivity index (χ0n) is 8.01. The standard InChI is InChI=1S/C9H10ClNO3S/c1-2-11-9(12)7-5-6(10)3-4-8(7)15(11,13)14/h3-5,9,12H,2H2,1H3. The maximum absolute atomic E-state index is 11.9. The molecular weight excluding hydrogens is 238 g/mol. The Morgan fingerprint density at radius 1 is 1.53 bits per heavy atom. The molecule has 1 N–H and O–H groups in total. The van der Waals surface area contributed by atoms with Crippen molar-refractivity contribution in [1.82, 2.24) is 4.31 Å². The monoisotopic (exact) mass is 247 g/mol. The molecule has 0 fully saturated rings. The number of halogens is 1. The van der Waals surface area contributed by atoms with Gasteiger partial charge in [0.05, 0.1) is 4.90 Å². The summed E-state index contributed by atoms with van der Waals surface area (Å²) in [5, 5.41) is 10.2. The van der Waals surface area contributed by atoms with Gasteiger partial charge < -0.3 is 5.11 Å². The highest BCUT2D eigenvalue weighted by molar-refractivity contribution is 7.89. The van der Waals surface area contributed by atoms with E-state index in [2.05, 4.69) is 0 Å². The number of fused-ring (bicyclic) bond motifs is 1. The predicted octanol–water partition coefficient (Wildman–Crippen LogP) is 1.36. The van der Waals surface area contributed by atoms with Crippen LogP contribution in [0.2, 0.25) is 5.02 Å². The fourth-order valence-corrected chi connectivity index (χ4v) is 3.56. The average Bonchev–Trinajstić information content (AvgIpc) is 2.34. The van der Waals surface area contributed by atoms with E-state index in [0.29, 0.717) is 10.6 Å². The Kier molecular flexibility index (Phi) is 2.50. The van der Waals surface area contributed by atoms with Gasteiger partial charge in [-0.1, -0.05) is 18.5 Å². The van der Waals surface area contributed by atoms with Crippen LogP contribution in [-0.2, 0) is 10.0 Å². The highest BCUT2D eigenvalue weighted by Gasteiger charge is 2.40. The van der Waals surface area contributed by atoms with Crippen molar-refractivity contribution in [3.63, 3.8) is 0 Å². The molecule has 0 saturated carbocycles. The Balaban J connectivity index is 2.68. The van der Waals surface area contributed by atoms with E-state index in [1.54, 1.807) is 6.92 Å². The summed E-state index contributed by atoms with van der Waals surface area (Å²) in [7, 11) is -3.54. The van der Waals surface area contributed by atoms with E-state index < -0.39 is 16.3 Å². The van der Waals surface area contributed by atoms with Crippen LogP contribution in [0.15, 0.2) is 23.1 Å². The molecule has 1 aliphatic heterocycles. The van der Waals surface area contributed by atoms with Crippen LogP contribution >= 0.6 is 11.6 Å². The number of nitrogens with zero attached hydrogens (tertiary/aromatic N) is 1. The molecule has 0 amide bonds. The van der Waals surface area contributed by atoms with Gasteiger partial charge in [0.2, 0.25) is 10.0 Å². The van der Waals surface area contributed by atoms with Gasteiger partial charge in [0, 0.05) is 17.1 Å². The first-order valence-corrected chi connectivity index (χ1v) is 6.29. The lowest BCUT2D eigenvalue weighted by Crippen LogP contribution is -2.27. The Morgan fingerprint density at radius 3 is 2.80 bits per heavy atom. The molecular formula is C9H10ClNO3S. The minimum atomic E-state index is -3.54. The van der Waals surface area contributed by atoms with Crippen LogP contribution < -0.4 is 0 Å². The summed E-state index contributed by atoms with van der Waals surface area (Å²) in [5.41, 5.74) is 0.351. The van der Waals surface area contributed by atoms with Gasteiger partial charge in [0.1, 0.15) is 6.23 Å². The summed E-state index contributed by atoms with van der Waals surface area (Å²) in [6.07, 6.45) is -1.12. The van der Waals surface area contributed by atoms with Gasteiger partial charge in [-0.3, -0.25) is 0 Å². The van der Waals surface area contributed by atoms with E-state index in [1.807, 2.05) is 0 Å². The SMILES string of the molecule is CCN1C(O)c2cc(Cl)ccc2S1(=O)=O. The third kappa shape index (κ3) is 1.47. The second-order valence-electron chi connectivity index (χ2n) is 3.26. The number of hydrogen-bond donors (Lipinski definition) is 1. The van der Waals surface area contributed by atoms with Gasteiger partial charge in [-0.25, -0.2) is 8.42 Å². The largest absolute Gasteiger partial charge is 0.373 e. The van der Waals surface area contributed by atoms with Crippen molar-refractivity contribution >= 4 is 21.6 Å². The summed E-state index contributed by atoms with van der Waals surface area (Å²) in [5.74, 6) is 0. The van der Waals surface area contributed by atoms with E-state index in [0.717, 1.165) is 4.31 Å². The van der Waals surface area contributed by atoms with Crippen molar-refractivity contribution in [2.24, 2.45) is 0 Å². The lowest BCUT2D eigenvalue weighted by Gasteiger charge is -2.15. The first kappa shape index (κ1) is 10.9. The average molecular weight is 248 g/mol. The number of hydrogen-bond acceptors (Lipinski definition) is 3. The van der Waals surface area contributed by atoms with Crippen LogP contribution in [0.1, 0.15) is 18.7 Å². The first-order valence-electron chi connectivity index (χ1n) is 4.48. The molecule has 1 aliphatic rings. The normalized spacial score (nSPS) is 24.1. The summed E-state index contributed by atoms with van der Waals surface area (Å²) < 4.78 is 24.8. The lowest BCUT2D eigenvalue weighted by molar-refractivity contribution is 0.0727. The van der Waals surface area contributed by atoms with Crippen molar-refractivity contribution in [3.8, 4) is 0 Å². The molecule has 0 spiro atoms. The molecule has 2 rings (SSSR count). The smallest absolute Gasteiger partial charge is 0.245 e. The molecule has 1 aromatic rings. The molecule has 0 bridgehead atoms. The van der Waals surface area contributed by atoms with Crippen molar-refractivity contribution in [2.75, 3.05) is 6.54 Å². The highest BCUT2D eigenvalue weighted by atomic mass is 35.5. The summed E-state index contributed by atoms with van der Waals surface area (Å²) in [6.45, 7) is 1.91. The Hall–Kier alpha value is -0.620. The van der Waals surface area contributed by atoms with Gasteiger partial charge in [-0.2, -0.15) is 4.31 Å². The molecule has 1 unspecified atom stereocenters. The second-order valence-corrected chi connectivity index (χ2v) is 5.56. The van der Waals surface area contributed by atoms with Gasteiger partial charge in [0.15, 0.2) is 0 Å². The highest BCUT2D eigenvalue weighted by Crippen LogP contribution is 2.38. The molecule has 82 valence electrons. The zero-order chi connectivity index (χ0) is 11.2. The lowest BCUT2D eigenvalue weighted by atomic mass is 10.2. The first-order chi connectivity index (χ1) is 6.98. The summed E-state index contributed by atoms with van der Waals surface area (Å²) in [4.78, 5) is 0.140. The minimum Gasteiger partial charge on any atom is -0.373 e. The molecule has 0 aromatic heterocycles. The molecule has 1 heterocycles. The predicted molar refractivity (Wildman–Crippen MR) is 56.0 cm³/mol. The van der Waals surface area contributed by atoms with E-state index in [1.165, 1.54) is 18.2 Å². The third-order valence-corrected chi connectivity index (χ3v) is 4.66. The minimum absolute atomic E-state index is 0.140. The van der Waals surface area contributed by atoms with Crippen LogP contribution in [-0.4, -0.2) is 24.4 Å². The molecule has 4 nitrogen and oxygen atoms in total. The van der Waals surface area contributed by atoms with Crippen LogP contribution in [0.25, 0.3) is 0 Å². The molecule has 1 atom stereocenters. The topological polar surface area (TPSA) is 57.6 Å². The van der Waals surface area contributed by atoms with Crippen molar-refractivity contribution in [3.05, 3.63) is 28.8 Å². The van der Waals surface area contributed by atoms with Gasteiger partial charge in [0.25, 0.3) is 0 Å². The van der Waals surface area contributed by atoms with Crippen LogP contribution in [0.4, 0.5) is 0 Å². The van der Waals surface area contributed by atoms with E-state index >= 15 is 0 Å². The van der Waals surface area contributed by atoms with Gasteiger partial charge >= 0.3 is 0 Å². The van der Waals surface area contributed by atoms with E-state index in [-0.39, 0.29) is 11.4 Å². The maximum Gasteiger partial charge on any atom is 0.245 e. The van der Waals surface area contributed by atoms with Crippen molar-refractivity contribution < 1.29 is 13.5 Å². The van der Waals surface area contributed by atoms with Crippen molar-refractivity contribution in [2.45, 2.75) is 18.0 Å². The fraction of sp³-hybridized carbons (Fsp3) is 0.333. The second kappa shape index (κ2) is 3.45. The molecule has 0 aliphatic carbocycles. The summed E-state index contributed by atoms with van der Waals surface area (Å²) >= 11 is 5.75. The molecule has 6 heteroatoms. The van der Waals surface area contributed by atoms with E-state index in [4.69, 9.17) is 11.6 Å². The van der Waals surface area contributed by atoms with E-state index in [9.17, 15) is 13.5 Å². The number of aliphatic hydroxyl groups excluding tert-OH is 1. The quantitative estimate of drug-likeness (QED) is 0.815. The van der Waals surface area contributed by atoms with Crippen LogP contribution in [0.3, 0.4) is 0 Å². The molecule has 0 saturated heterocycles. The zero-order valence-corrected chi connectivity index (χ0v) is 9.59. The van der Waals surface area contributed by atoms with Gasteiger partial charge in [-0.15, -0.1) is 0 Å². The number of sulfonamides is 1. The third-order valence-electron chi connectivity index (χ3n) is 2.42.